The van der Waals surface area contributed by atoms with E-state index in [0.717, 1.165) is 11.1 Å². The minimum atomic E-state index is -1.04. The third-order valence-corrected chi connectivity index (χ3v) is 5.76. The van der Waals surface area contributed by atoms with Gasteiger partial charge in [0.15, 0.2) is 5.43 Å². The molecule has 1 atom stereocenters. The first kappa shape index (κ1) is 22.3. The van der Waals surface area contributed by atoms with Crippen LogP contribution in [0.25, 0.3) is 22.3 Å². The number of carboxylic acid groups (broad SMARTS) is 1. The number of nitrogens with one attached hydrogen (secondary N) is 1. The van der Waals surface area contributed by atoms with Crippen molar-refractivity contribution < 1.29 is 18.7 Å². The molecular weight excluding hydrogens is 421 g/mol. The van der Waals surface area contributed by atoms with E-state index in [2.05, 4.69) is 5.32 Å². The summed E-state index contributed by atoms with van der Waals surface area (Å²) in [5, 5.41) is 13.1. The summed E-state index contributed by atoms with van der Waals surface area (Å²) in [5.74, 6) is -1.32. The van der Waals surface area contributed by atoms with Crippen LogP contribution < -0.4 is 10.7 Å². The number of anilines is 1. The average Bonchev–Trinajstić information content (AvgIpc) is 2.76. The Morgan fingerprint density at radius 2 is 1.76 bits per heavy atom. The zero-order chi connectivity index (χ0) is 23.9. The molecule has 0 saturated heterocycles. The number of carboxylic acids is 1. The lowest BCUT2D eigenvalue weighted by Gasteiger charge is -2.20. The molecule has 0 saturated carbocycles. The number of para-hydroxylation sites is 1. The summed E-state index contributed by atoms with van der Waals surface area (Å²) in [5.41, 5.74) is 3.57. The predicted octanol–water partition coefficient (Wildman–Crippen LogP) is 6.40. The topological polar surface area (TPSA) is 79.5 Å². The molecule has 1 aromatic heterocycles. The number of benzene rings is 3. The minimum Gasteiger partial charge on any atom is -0.478 e. The number of hydrogen-bond donors (Lipinski definition) is 2. The smallest absolute Gasteiger partial charge is 0.337 e. The maximum absolute atomic E-state index is 14.7. The van der Waals surface area contributed by atoms with Gasteiger partial charge in [-0.25, -0.2) is 9.18 Å². The van der Waals surface area contributed by atoms with Crippen LogP contribution in [0.1, 0.15) is 45.6 Å². The molecular formula is C27H24FNO4. The van der Waals surface area contributed by atoms with Crippen LogP contribution in [-0.4, -0.2) is 11.1 Å². The van der Waals surface area contributed by atoms with E-state index < -0.39 is 17.8 Å². The normalized spacial score (nSPS) is 12.0. The molecule has 0 aliphatic heterocycles. The number of halogens is 1. The van der Waals surface area contributed by atoms with Crippen molar-refractivity contribution in [2.75, 3.05) is 5.32 Å². The van der Waals surface area contributed by atoms with Gasteiger partial charge in [0.1, 0.15) is 17.2 Å². The Hall–Kier alpha value is -3.93. The van der Waals surface area contributed by atoms with Gasteiger partial charge in [-0.15, -0.1) is 0 Å². The molecule has 0 aliphatic rings. The number of hydrogen-bond acceptors (Lipinski definition) is 4. The summed E-state index contributed by atoms with van der Waals surface area (Å²) >= 11 is 0. The van der Waals surface area contributed by atoms with E-state index in [9.17, 15) is 19.1 Å². The molecule has 1 heterocycles. The van der Waals surface area contributed by atoms with Gasteiger partial charge in [0.25, 0.3) is 0 Å². The highest BCUT2D eigenvalue weighted by Gasteiger charge is 2.21. The summed E-state index contributed by atoms with van der Waals surface area (Å²) in [6.07, 6.45) is 0. The summed E-state index contributed by atoms with van der Waals surface area (Å²) < 4.78 is 21.0. The van der Waals surface area contributed by atoms with Crippen molar-refractivity contribution >= 4 is 22.6 Å². The van der Waals surface area contributed by atoms with E-state index in [1.54, 1.807) is 50.2 Å². The Balaban J connectivity index is 1.91. The number of fused-ring (bicyclic) bond motifs is 1. The Bertz CT molecular complexity index is 1450. The zero-order valence-corrected chi connectivity index (χ0v) is 18.8. The average molecular weight is 445 g/mol. The fourth-order valence-corrected chi connectivity index (χ4v) is 4.06. The van der Waals surface area contributed by atoms with Gasteiger partial charge in [-0.1, -0.05) is 24.3 Å². The van der Waals surface area contributed by atoms with Crippen molar-refractivity contribution in [3.8, 4) is 11.3 Å². The van der Waals surface area contributed by atoms with E-state index in [0.29, 0.717) is 27.8 Å². The third kappa shape index (κ3) is 4.12. The fourth-order valence-electron chi connectivity index (χ4n) is 4.06. The molecule has 0 fully saturated rings. The van der Waals surface area contributed by atoms with E-state index in [1.165, 1.54) is 12.1 Å². The van der Waals surface area contributed by atoms with Crippen molar-refractivity contribution in [3.63, 3.8) is 0 Å². The predicted molar refractivity (Wildman–Crippen MR) is 128 cm³/mol. The first-order chi connectivity index (χ1) is 15.7. The first-order valence-electron chi connectivity index (χ1n) is 10.6. The molecule has 0 bridgehead atoms. The van der Waals surface area contributed by atoms with Gasteiger partial charge >= 0.3 is 5.97 Å². The second-order valence-electron chi connectivity index (χ2n) is 8.32. The molecule has 5 nitrogen and oxygen atoms in total. The van der Waals surface area contributed by atoms with E-state index in [4.69, 9.17) is 4.42 Å². The fraction of sp³-hybridized carbons (Fsp3) is 0.185. The lowest BCUT2D eigenvalue weighted by atomic mass is 9.98. The molecule has 0 amide bonds. The molecule has 6 heteroatoms. The molecule has 33 heavy (non-hydrogen) atoms. The number of aromatic carboxylic acids is 1. The van der Waals surface area contributed by atoms with Gasteiger partial charge in [0.05, 0.1) is 22.6 Å². The standard InChI is InChI=1S/C27H24FNO4/c1-14-9-10-18(22(28)13-14)25-16(3)24(30)21-12-15(2)11-20(26(21)33-25)17(4)29-23-8-6-5-7-19(23)27(31)32/h5-13,17,29H,1-4H3,(H,31,32). The van der Waals surface area contributed by atoms with Gasteiger partial charge in [-0.2, -0.15) is 0 Å². The number of rotatable bonds is 5. The molecule has 0 spiro atoms. The van der Waals surface area contributed by atoms with Crippen LogP contribution in [0.15, 0.2) is 63.8 Å². The molecule has 0 radical (unpaired) electrons. The first-order valence-corrected chi connectivity index (χ1v) is 10.6. The molecule has 1 unspecified atom stereocenters. The summed E-state index contributed by atoms with van der Waals surface area (Å²) in [7, 11) is 0. The quantitative estimate of drug-likeness (QED) is 0.372. The minimum absolute atomic E-state index is 0.140. The molecule has 0 aliphatic carbocycles. The Morgan fingerprint density at radius 1 is 1.03 bits per heavy atom. The van der Waals surface area contributed by atoms with Gasteiger partial charge in [0.2, 0.25) is 0 Å². The summed E-state index contributed by atoms with van der Waals surface area (Å²) in [4.78, 5) is 24.9. The maximum Gasteiger partial charge on any atom is 0.337 e. The largest absolute Gasteiger partial charge is 0.478 e. The molecule has 2 N–H and O–H groups in total. The van der Waals surface area contributed by atoms with Crippen molar-refractivity contribution in [3.05, 3.63) is 98.5 Å². The van der Waals surface area contributed by atoms with E-state index in [-0.39, 0.29) is 22.3 Å². The summed E-state index contributed by atoms with van der Waals surface area (Å²) in [6.45, 7) is 7.16. The lowest BCUT2D eigenvalue weighted by molar-refractivity contribution is 0.0698. The van der Waals surface area contributed by atoms with Crippen LogP contribution in [-0.2, 0) is 0 Å². The molecule has 4 rings (SSSR count). The monoisotopic (exact) mass is 445 g/mol. The molecule has 3 aromatic carbocycles. The van der Waals surface area contributed by atoms with E-state index >= 15 is 0 Å². The van der Waals surface area contributed by atoms with Crippen molar-refractivity contribution in [1.82, 2.24) is 0 Å². The van der Waals surface area contributed by atoms with Gasteiger partial charge in [0, 0.05) is 16.8 Å². The SMILES string of the molecule is Cc1ccc(-c2oc3c(C(C)Nc4ccccc4C(=O)O)cc(C)cc3c(=O)c2C)c(F)c1. The highest BCUT2D eigenvalue weighted by Crippen LogP contribution is 2.33. The van der Waals surface area contributed by atoms with Crippen LogP contribution in [0.3, 0.4) is 0 Å². The van der Waals surface area contributed by atoms with Gasteiger partial charge in [-0.05, 0) is 69.2 Å². The van der Waals surface area contributed by atoms with Gasteiger partial charge < -0.3 is 14.8 Å². The Kier molecular flexibility index (Phi) is 5.77. The van der Waals surface area contributed by atoms with Crippen molar-refractivity contribution in [1.29, 1.82) is 0 Å². The van der Waals surface area contributed by atoms with Crippen LogP contribution in [0.2, 0.25) is 0 Å². The van der Waals surface area contributed by atoms with Crippen LogP contribution in [0.5, 0.6) is 0 Å². The second-order valence-corrected chi connectivity index (χ2v) is 8.32. The van der Waals surface area contributed by atoms with Crippen LogP contribution >= 0.6 is 0 Å². The highest BCUT2D eigenvalue weighted by atomic mass is 19.1. The lowest BCUT2D eigenvalue weighted by Crippen LogP contribution is -2.14. The van der Waals surface area contributed by atoms with Crippen LogP contribution in [0.4, 0.5) is 10.1 Å². The molecule has 168 valence electrons. The number of aryl methyl sites for hydroxylation is 2. The third-order valence-electron chi connectivity index (χ3n) is 5.76. The maximum atomic E-state index is 14.7. The second kappa shape index (κ2) is 8.54. The molecule has 4 aromatic rings. The zero-order valence-electron chi connectivity index (χ0n) is 18.8. The summed E-state index contributed by atoms with van der Waals surface area (Å²) in [6, 6.07) is 14.6. The van der Waals surface area contributed by atoms with Crippen molar-refractivity contribution in [2.24, 2.45) is 0 Å². The highest BCUT2D eigenvalue weighted by molar-refractivity contribution is 5.94. The Labute approximate surface area is 190 Å². The number of carbonyl (C=O) groups is 1. The van der Waals surface area contributed by atoms with Crippen LogP contribution in [0, 0.1) is 26.6 Å². The van der Waals surface area contributed by atoms with Crippen molar-refractivity contribution in [2.45, 2.75) is 33.7 Å². The van der Waals surface area contributed by atoms with E-state index in [1.807, 2.05) is 19.9 Å². The Morgan fingerprint density at radius 3 is 2.45 bits per heavy atom. The van der Waals surface area contributed by atoms with Gasteiger partial charge in [-0.3, -0.25) is 4.79 Å².